The molecule has 0 aromatic rings. The number of amides is 1. The Labute approximate surface area is 60.3 Å². The Morgan fingerprint density at radius 2 is 2.60 bits per heavy atom. The molecule has 1 aliphatic heterocycles. The van der Waals surface area contributed by atoms with Crippen molar-refractivity contribution in [3.05, 3.63) is 12.8 Å². The highest BCUT2D eigenvalue weighted by atomic mass is 16.6. The van der Waals surface area contributed by atoms with E-state index in [1.165, 1.54) is 11.1 Å². The summed E-state index contributed by atoms with van der Waals surface area (Å²) in [6.45, 7) is 6.10. The van der Waals surface area contributed by atoms with Crippen molar-refractivity contribution in [3.63, 3.8) is 0 Å². The van der Waals surface area contributed by atoms with Crippen molar-refractivity contribution in [3.8, 4) is 0 Å². The van der Waals surface area contributed by atoms with E-state index in [-0.39, 0.29) is 12.2 Å². The number of nitrogens with zero attached hydrogens (tertiary/aromatic N) is 1. The fourth-order valence-corrected chi connectivity index (χ4v) is 0.877. The Morgan fingerprint density at radius 1 is 1.90 bits per heavy atom. The van der Waals surface area contributed by atoms with Crippen molar-refractivity contribution >= 4 is 6.09 Å². The van der Waals surface area contributed by atoms with Gasteiger partial charge in [-0.1, -0.05) is 6.58 Å². The maximum Gasteiger partial charge on any atom is 0.414 e. The molecule has 0 bridgehead atoms. The standard InChI is InChI=1S/C7H11NO2/c1-3-8-5-4-6(2)10-7(8)9/h3,6H,1,4-5H2,2H3. The summed E-state index contributed by atoms with van der Waals surface area (Å²) >= 11 is 0. The van der Waals surface area contributed by atoms with Gasteiger partial charge in [-0.05, 0) is 6.92 Å². The van der Waals surface area contributed by atoms with Gasteiger partial charge in [-0.25, -0.2) is 4.79 Å². The third kappa shape index (κ3) is 1.29. The minimum absolute atomic E-state index is 0.0590. The normalized spacial score (nSPS) is 25.9. The minimum Gasteiger partial charge on any atom is -0.446 e. The van der Waals surface area contributed by atoms with Gasteiger partial charge in [0.25, 0.3) is 0 Å². The van der Waals surface area contributed by atoms with Crippen LogP contribution in [-0.2, 0) is 4.74 Å². The van der Waals surface area contributed by atoms with Crippen LogP contribution < -0.4 is 0 Å². The summed E-state index contributed by atoms with van der Waals surface area (Å²) in [6.07, 6.45) is 2.16. The molecule has 3 heteroatoms. The molecule has 1 amide bonds. The van der Waals surface area contributed by atoms with E-state index in [1.807, 2.05) is 6.92 Å². The molecule has 1 aliphatic rings. The molecule has 0 saturated carbocycles. The molecule has 3 nitrogen and oxygen atoms in total. The van der Waals surface area contributed by atoms with Crippen molar-refractivity contribution in [2.24, 2.45) is 0 Å². The SMILES string of the molecule is C=CN1CCC(C)OC1=O. The van der Waals surface area contributed by atoms with Crippen LogP contribution in [-0.4, -0.2) is 23.6 Å². The second-order valence-electron chi connectivity index (χ2n) is 2.36. The summed E-state index contributed by atoms with van der Waals surface area (Å²) in [5, 5.41) is 0. The minimum atomic E-state index is -0.284. The van der Waals surface area contributed by atoms with Crippen LogP contribution >= 0.6 is 0 Å². The van der Waals surface area contributed by atoms with E-state index >= 15 is 0 Å². The average Bonchev–Trinajstić information content (AvgIpc) is 1.88. The number of carbonyl (C=O) groups is 1. The van der Waals surface area contributed by atoms with Crippen LogP contribution in [0.5, 0.6) is 0 Å². The Bertz CT molecular complexity index is 156. The molecule has 0 aromatic heterocycles. The highest BCUT2D eigenvalue weighted by Crippen LogP contribution is 2.10. The summed E-state index contributed by atoms with van der Waals surface area (Å²) in [4.78, 5) is 12.3. The first-order valence-corrected chi connectivity index (χ1v) is 3.34. The molecule has 1 fully saturated rings. The number of hydrogen-bond acceptors (Lipinski definition) is 2. The van der Waals surface area contributed by atoms with E-state index in [4.69, 9.17) is 4.74 Å². The lowest BCUT2D eigenvalue weighted by Gasteiger charge is -2.26. The lowest BCUT2D eigenvalue weighted by atomic mass is 10.2. The Hall–Kier alpha value is -0.990. The molecule has 1 heterocycles. The number of ether oxygens (including phenoxy) is 1. The van der Waals surface area contributed by atoms with E-state index in [1.54, 1.807) is 0 Å². The Morgan fingerprint density at radius 3 is 3.10 bits per heavy atom. The van der Waals surface area contributed by atoms with Crippen LogP contribution in [0.4, 0.5) is 4.79 Å². The molecule has 10 heavy (non-hydrogen) atoms. The lowest BCUT2D eigenvalue weighted by molar-refractivity contribution is 0.0483. The summed E-state index contributed by atoms with van der Waals surface area (Å²) in [5.74, 6) is 0. The topological polar surface area (TPSA) is 29.5 Å². The molecular weight excluding hydrogens is 130 g/mol. The number of cyclic esters (lactones) is 1. The van der Waals surface area contributed by atoms with Crippen LogP contribution in [0.15, 0.2) is 12.8 Å². The van der Waals surface area contributed by atoms with Gasteiger partial charge in [0.2, 0.25) is 0 Å². The van der Waals surface area contributed by atoms with Gasteiger partial charge in [-0.15, -0.1) is 0 Å². The van der Waals surface area contributed by atoms with Crippen molar-refractivity contribution in [2.75, 3.05) is 6.54 Å². The fraction of sp³-hybridized carbons (Fsp3) is 0.571. The first-order valence-electron chi connectivity index (χ1n) is 3.34. The molecule has 0 aliphatic carbocycles. The zero-order valence-corrected chi connectivity index (χ0v) is 6.04. The van der Waals surface area contributed by atoms with E-state index in [0.29, 0.717) is 0 Å². The number of hydrogen-bond donors (Lipinski definition) is 0. The Balaban J connectivity index is 2.51. The van der Waals surface area contributed by atoms with Gasteiger partial charge in [-0.2, -0.15) is 0 Å². The fourth-order valence-electron chi connectivity index (χ4n) is 0.877. The van der Waals surface area contributed by atoms with Crippen LogP contribution in [0.25, 0.3) is 0 Å². The highest BCUT2D eigenvalue weighted by molar-refractivity contribution is 5.69. The summed E-state index contributed by atoms with van der Waals surface area (Å²) in [7, 11) is 0. The first-order chi connectivity index (χ1) is 4.74. The summed E-state index contributed by atoms with van der Waals surface area (Å²) in [5.41, 5.74) is 0. The lowest BCUT2D eigenvalue weighted by Crippen LogP contribution is -2.37. The maximum absolute atomic E-state index is 10.9. The van der Waals surface area contributed by atoms with Crippen molar-refractivity contribution in [2.45, 2.75) is 19.4 Å². The molecule has 0 N–H and O–H groups in total. The summed E-state index contributed by atoms with van der Waals surface area (Å²) in [6, 6.07) is 0. The van der Waals surface area contributed by atoms with Crippen LogP contribution in [0.1, 0.15) is 13.3 Å². The molecule has 1 unspecified atom stereocenters. The monoisotopic (exact) mass is 141 g/mol. The molecule has 0 radical (unpaired) electrons. The molecule has 1 saturated heterocycles. The summed E-state index contributed by atoms with van der Waals surface area (Å²) < 4.78 is 4.91. The van der Waals surface area contributed by atoms with Gasteiger partial charge < -0.3 is 4.74 Å². The maximum atomic E-state index is 10.9. The first kappa shape index (κ1) is 7.12. The van der Waals surface area contributed by atoms with E-state index in [0.717, 1.165) is 13.0 Å². The van der Waals surface area contributed by atoms with Crippen molar-refractivity contribution < 1.29 is 9.53 Å². The van der Waals surface area contributed by atoms with Gasteiger partial charge in [0, 0.05) is 19.2 Å². The van der Waals surface area contributed by atoms with Crippen molar-refractivity contribution in [1.29, 1.82) is 0 Å². The second kappa shape index (κ2) is 2.73. The largest absolute Gasteiger partial charge is 0.446 e. The predicted molar refractivity (Wildman–Crippen MR) is 37.5 cm³/mol. The predicted octanol–water partition coefficient (Wildman–Crippen LogP) is 1.36. The Kier molecular flexibility index (Phi) is 1.94. The van der Waals surface area contributed by atoms with Crippen LogP contribution in [0, 0.1) is 0 Å². The molecule has 0 aromatic carbocycles. The number of rotatable bonds is 1. The van der Waals surface area contributed by atoms with E-state index in [2.05, 4.69) is 6.58 Å². The van der Waals surface area contributed by atoms with Gasteiger partial charge in [-0.3, -0.25) is 4.90 Å². The van der Waals surface area contributed by atoms with Gasteiger partial charge in [0.1, 0.15) is 6.10 Å². The third-order valence-electron chi connectivity index (χ3n) is 1.53. The van der Waals surface area contributed by atoms with Crippen molar-refractivity contribution in [1.82, 2.24) is 4.90 Å². The van der Waals surface area contributed by atoms with Gasteiger partial charge >= 0.3 is 6.09 Å². The third-order valence-corrected chi connectivity index (χ3v) is 1.53. The molecule has 0 spiro atoms. The van der Waals surface area contributed by atoms with Gasteiger partial charge in [0.15, 0.2) is 0 Å². The van der Waals surface area contributed by atoms with Gasteiger partial charge in [0.05, 0.1) is 0 Å². The number of carbonyl (C=O) groups excluding carboxylic acids is 1. The second-order valence-corrected chi connectivity index (χ2v) is 2.36. The zero-order chi connectivity index (χ0) is 7.56. The molecule has 1 rings (SSSR count). The quantitative estimate of drug-likeness (QED) is 0.551. The van der Waals surface area contributed by atoms with E-state index in [9.17, 15) is 4.79 Å². The van der Waals surface area contributed by atoms with E-state index < -0.39 is 0 Å². The molecular formula is C7H11NO2. The molecule has 56 valence electrons. The van der Waals surface area contributed by atoms with Crippen LogP contribution in [0.2, 0.25) is 0 Å². The van der Waals surface area contributed by atoms with Crippen LogP contribution in [0.3, 0.4) is 0 Å². The highest BCUT2D eigenvalue weighted by Gasteiger charge is 2.21. The molecule has 1 atom stereocenters. The zero-order valence-electron chi connectivity index (χ0n) is 6.04. The average molecular weight is 141 g/mol. The smallest absolute Gasteiger partial charge is 0.414 e.